The number of halogens is 2. The first-order chi connectivity index (χ1) is 13.9. The van der Waals surface area contributed by atoms with Crippen LogP contribution in [0.1, 0.15) is 0 Å². The Hall–Kier alpha value is -2.91. The van der Waals surface area contributed by atoms with Crippen molar-refractivity contribution < 1.29 is 14.0 Å². The number of nitrogens with zero attached hydrogens (tertiary/aromatic N) is 3. The van der Waals surface area contributed by atoms with Gasteiger partial charge in [0.25, 0.3) is 0 Å². The Morgan fingerprint density at radius 3 is 2.69 bits per heavy atom. The highest BCUT2D eigenvalue weighted by Gasteiger charge is 2.16. The number of thioether (sulfide) groups is 1. The molecule has 0 bridgehead atoms. The molecule has 1 aromatic heterocycles. The number of benzene rings is 2. The SMILES string of the molecule is CN(CC(=O)Nc1ccccc1Cl)C(=O)CSc1n[nH]c(-c2ccccc2F)n1. The molecule has 0 unspecified atom stereocenters. The maximum Gasteiger partial charge on any atom is 0.244 e. The summed E-state index contributed by atoms with van der Waals surface area (Å²) in [6, 6.07) is 13.0. The number of amides is 2. The van der Waals surface area contributed by atoms with Gasteiger partial charge >= 0.3 is 0 Å². The second-order valence-corrected chi connectivity index (χ2v) is 7.36. The predicted molar refractivity (Wildman–Crippen MR) is 110 cm³/mol. The van der Waals surface area contributed by atoms with Crippen LogP contribution in [0.4, 0.5) is 10.1 Å². The van der Waals surface area contributed by atoms with Gasteiger partial charge in [0.15, 0.2) is 5.82 Å². The molecule has 2 aromatic carbocycles. The number of anilines is 1. The number of para-hydroxylation sites is 1. The average Bonchev–Trinajstić information content (AvgIpc) is 3.17. The lowest BCUT2D eigenvalue weighted by Crippen LogP contribution is -2.36. The number of hydrogen-bond donors (Lipinski definition) is 2. The first-order valence-electron chi connectivity index (χ1n) is 8.52. The molecule has 0 saturated carbocycles. The number of aromatic nitrogens is 3. The third kappa shape index (κ3) is 5.55. The van der Waals surface area contributed by atoms with E-state index in [0.717, 1.165) is 11.8 Å². The fourth-order valence-corrected chi connectivity index (χ4v) is 3.30. The van der Waals surface area contributed by atoms with E-state index in [9.17, 15) is 14.0 Å². The third-order valence-corrected chi connectivity index (χ3v) is 5.03. The molecule has 0 aliphatic heterocycles. The van der Waals surface area contributed by atoms with E-state index in [1.165, 1.54) is 18.0 Å². The molecule has 7 nitrogen and oxygen atoms in total. The van der Waals surface area contributed by atoms with Crippen LogP contribution >= 0.6 is 23.4 Å². The van der Waals surface area contributed by atoms with Crippen LogP contribution in [0.3, 0.4) is 0 Å². The molecule has 0 aliphatic carbocycles. The number of nitrogens with one attached hydrogen (secondary N) is 2. The van der Waals surface area contributed by atoms with E-state index in [2.05, 4.69) is 20.5 Å². The van der Waals surface area contributed by atoms with Crippen LogP contribution in [0.2, 0.25) is 5.02 Å². The van der Waals surface area contributed by atoms with E-state index in [0.29, 0.717) is 21.4 Å². The van der Waals surface area contributed by atoms with Gasteiger partial charge in [0.2, 0.25) is 17.0 Å². The first-order valence-corrected chi connectivity index (χ1v) is 9.89. The molecule has 0 radical (unpaired) electrons. The highest BCUT2D eigenvalue weighted by atomic mass is 35.5. The van der Waals surface area contributed by atoms with E-state index in [4.69, 9.17) is 11.6 Å². The van der Waals surface area contributed by atoms with Crippen molar-refractivity contribution in [3.63, 3.8) is 0 Å². The van der Waals surface area contributed by atoms with Crippen molar-refractivity contribution >= 4 is 40.9 Å². The Bertz CT molecular complexity index is 1030. The van der Waals surface area contributed by atoms with E-state index < -0.39 is 5.82 Å². The van der Waals surface area contributed by atoms with Crippen LogP contribution in [0, 0.1) is 5.82 Å². The second-order valence-electron chi connectivity index (χ2n) is 6.01. The number of hydrogen-bond acceptors (Lipinski definition) is 5. The lowest BCUT2D eigenvalue weighted by atomic mass is 10.2. The van der Waals surface area contributed by atoms with Gasteiger partial charge in [0.05, 0.1) is 28.6 Å². The van der Waals surface area contributed by atoms with Crippen LogP contribution in [-0.2, 0) is 9.59 Å². The predicted octanol–water partition coefficient (Wildman–Crippen LogP) is 3.45. The van der Waals surface area contributed by atoms with Crippen molar-refractivity contribution in [1.29, 1.82) is 0 Å². The first kappa shape index (κ1) is 20.8. The van der Waals surface area contributed by atoms with Gasteiger partial charge in [-0.15, -0.1) is 5.10 Å². The van der Waals surface area contributed by atoms with Gasteiger partial charge in [-0.25, -0.2) is 9.37 Å². The number of likely N-dealkylation sites (N-methyl/N-ethyl adjacent to an activating group) is 1. The molecule has 150 valence electrons. The van der Waals surface area contributed by atoms with Gasteiger partial charge in [-0.1, -0.05) is 47.6 Å². The van der Waals surface area contributed by atoms with Gasteiger partial charge < -0.3 is 10.2 Å². The summed E-state index contributed by atoms with van der Waals surface area (Å²) in [6.45, 7) is -0.126. The van der Waals surface area contributed by atoms with Crippen LogP contribution in [0.5, 0.6) is 0 Å². The Labute approximate surface area is 175 Å². The highest BCUT2D eigenvalue weighted by molar-refractivity contribution is 7.99. The van der Waals surface area contributed by atoms with Gasteiger partial charge in [0, 0.05) is 7.05 Å². The summed E-state index contributed by atoms with van der Waals surface area (Å²) >= 11 is 7.09. The van der Waals surface area contributed by atoms with Crippen molar-refractivity contribution in [2.45, 2.75) is 5.16 Å². The summed E-state index contributed by atoms with van der Waals surface area (Å²) in [7, 11) is 1.53. The van der Waals surface area contributed by atoms with E-state index in [1.54, 1.807) is 42.5 Å². The van der Waals surface area contributed by atoms with Crippen LogP contribution < -0.4 is 5.32 Å². The van der Waals surface area contributed by atoms with Gasteiger partial charge in [-0.05, 0) is 24.3 Å². The van der Waals surface area contributed by atoms with E-state index in [1.807, 2.05) is 0 Å². The number of H-pyrrole nitrogens is 1. The van der Waals surface area contributed by atoms with Crippen molar-refractivity contribution in [2.24, 2.45) is 0 Å². The Morgan fingerprint density at radius 2 is 1.93 bits per heavy atom. The van der Waals surface area contributed by atoms with Gasteiger partial charge in [0.1, 0.15) is 5.82 Å². The zero-order valence-corrected chi connectivity index (χ0v) is 16.9. The molecule has 2 N–H and O–H groups in total. The third-order valence-electron chi connectivity index (χ3n) is 3.87. The van der Waals surface area contributed by atoms with Crippen LogP contribution in [0.15, 0.2) is 53.7 Å². The summed E-state index contributed by atoms with van der Waals surface area (Å²) in [4.78, 5) is 29.9. The summed E-state index contributed by atoms with van der Waals surface area (Å²) in [6.07, 6.45) is 0. The van der Waals surface area contributed by atoms with Crippen molar-refractivity contribution in [1.82, 2.24) is 20.1 Å². The summed E-state index contributed by atoms with van der Waals surface area (Å²) < 4.78 is 13.8. The smallest absolute Gasteiger partial charge is 0.244 e. The zero-order valence-electron chi connectivity index (χ0n) is 15.4. The Morgan fingerprint density at radius 1 is 1.21 bits per heavy atom. The molecule has 0 atom stereocenters. The molecular weight excluding hydrogens is 417 g/mol. The monoisotopic (exact) mass is 433 g/mol. The van der Waals surface area contributed by atoms with Gasteiger partial charge in [-0.2, -0.15) is 0 Å². The average molecular weight is 434 g/mol. The normalized spacial score (nSPS) is 10.6. The molecule has 10 heteroatoms. The van der Waals surface area contributed by atoms with Crippen molar-refractivity contribution in [2.75, 3.05) is 24.7 Å². The fourth-order valence-electron chi connectivity index (χ4n) is 2.38. The topological polar surface area (TPSA) is 91.0 Å². The highest BCUT2D eigenvalue weighted by Crippen LogP contribution is 2.22. The fraction of sp³-hybridized carbons (Fsp3) is 0.158. The molecular formula is C19H17ClFN5O2S. The lowest BCUT2D eigenvalue weighted by Gasteiger charge is -2.16. The molecule has 0 fully saturated rings. The largest absolute Gasteiger partial charge is 0.336 e. The molecule has 2 amide bonds. The van der Waals surface area contributed by atoms with E-state index >= 15 is 0 Å². The van der Waals surface area contributed by atoms with Crippen molar-refractivity contribution in [3.8, 4) is 11.4 Å². The van der Waals surface area contributed by atoms with E-state index in [-0.39, 0.29) is 29.9 Å². The minimum Gasteiger partial charge on any atom is -0.336 e. The summed E-state index contributed by atoms with van der Waals surface area (Å²) in [5, 5.41) is 10.0. The summed E-state index contributed by atoms with van der Waals surface area (Å²) in [5.41, 5.74) is 0.780. The lowest BCUT2D eigenvalue weighted by molar-refractivity contribution is -0.131. The number of rotatable bonds is 7. The minimum absolute atomic E-state index is 0.0322. The van der Waals surface area contributed by atoms with Crippen LogP contribution in [-0.4, -0.2) is 51.2 Å². The number of aromatic amines is 1. The molecule has 3 aromatic rings. The maximum absolute atomic E-state index is 13.8. The maximum atomic E-state index is 13.8. The molecule has 1 heterocycles. The molecule has 29 heavy (non-hydrogen) atoms. The quantitative estimate of drug-likeness (QED) is 0.557. The van der Waals surface area contributed by atoms with Gasteiger partial charge in [-0.3, -0.25) is 14.7 Å². The Kier molecular flexibility index (Phi) is 6.84. The minimum atomic E-state index is -0.416. The molecule has 0 saturated heterocycles. The number of carbonyl (C=O) groups is 2. The zero-order chi connectivity index (χ0) is 20.8. The van der Waals surface area contributed by atoms with Crippen molar-refractivity contribution in [3.05, 3.63) is 59.4 Å². The molecule has 0 aliphatic rings. The van der Waals surface area contributed by atoms with Crippen LogP contribution in [0.25, 0.3) is 11.4 Å². The standard InChI is InChI=1S/C19H17ClFN5O2S/c1-26(10-16(27)22-15-9-5-3-7-13(15)20)17(28)11-29-19-23-18(24-25-19)12-6-2-4-8-14(12)21/h2-9H,10-11H2,1H3,(H,22,27)(H,23,24,25). The Balaban J connectivity index is 1.51. The summed E-state index contributed by atoms with van der Waals surface area (Å²) in [5.74, 6) is -0.740. The molecule has 3 rings (SSSR count). The molecule has 0 spiro atoms. The second kappa shape index (κ2) is 9.53. The number of carbonyl (C=O) groups excluding carboxylic acids is 2.